The minimum absolute atomic E-state index is 0.532. The van der Waals surface area contributed by atoms with Crippen molar-refractivity contribution < 1.29 is 0 Å². The third kappa shape index (κ3) is 4.07. The maximum absolute atomic E-state index is 4.42. The van der Waals surface area contributed by atoms with E-state index < -0.39 is 0 Å². The Balaban J connectivity index is 1.74. The molecule has 100 valence electrons. The molecule has 0 aromatic carbocycles. The largest absolute Gasteiger partial charge is 0.307 e. The number of nitrogens with one attached hydrogen (secondary N) is 1. The predicted octanol–water partition coefficient (Wildman–Crippen LogP) is 2.35. The zero-order valence-corrected chi connectivity index (χ0v) is 11.7. The van der Waals surface area contributed by atoms with Crippen LogP contribution in [0, 0.1) is 6.92 Å². The SMILES string of the molecule is Cc1cccnc1CNC(C)CN1CCCCC1. The number of nitrogens with zero attached hydrogens (tertiary/aromatic N) is 2. The van der Waals surface area contributed by atoms with Gasteiger partial charge in [0.15, 0.2) is 0 Å². The normalized spacial score (nSPS) is 18.8. The van der Waals surface area contributed by atoms with Crippen molar-refractivity contribution in [3.63, 3.8) is 0 Å². The summed E-state index contributed by atoms with van der Waals surface area (Å²) in [6, 6.07) is 4.65. The number of hydrogen-bond donors (Lipinski definition) is 1. The second-order valence-corrected chi connectivity index (χ2v) is 5.41. The maximum atomic E-state index is 4.42. The highest BCUT2D eigenvalue weighted by molar-refractivity contribution is 5.17. The minimum atomic E-state index is 0.532. The second kappa shape index (κ2) is 6.86. The number of pyridine rings is 1. The van der Waals surface area contributed by atoms with Gasteiger partial charge in [-0.15, -0.1) is 0 Å². The smallest absolute Gasteiger partial charge is 0.0570 e. The van der Waals surface area contributed by atoms with Crippen LogP contribution in [-0.4, -0.2) is 35.6 Å². The van der Waals surface area contributed by atoms with E-state index in [9.17, 15) is 0 Å². The molecule has 2 rings (SSSR count). The van der Waals surface area contributed by atoms with Crippen LogP contribution >= 0.6 is 0 Å². The first kappa shape index (κ1) is 13.5. The molecule has 0 spiro atoms. The Morgan fingerprint density at radius 2 is 2.11 bits per heavy atom. The second-order valence-electron chi connectivity index (χ2n) is 5.41. The summed E-state index contributed by atoms with van der Waals surface area (Å²) in [6.07, 6.45) is 6.02. The van der Waals surface area contributed by atoms with Crippen molar-refractivity contribution in [3.8, 4) is 0 Å². The minimum Gasteiger partial charge on any atom is -0.307 e. The number of hydrogen-bond acceptors (Lipinski definition) is 3. The molecule has 1 aliphatic heterocycles. The molecule has 1 aromatic rings. The summed E-state index contributed by atoms with van der Waals surface area (Å²) >= 11 is 0. The highest BCUT2D eigenvalue weighted by Gasteiger charge is 2.13. The molecule has 0 saturated carbocycles. The summed E-state index contributed by atoms with van der Waals surface area (Å²) in [6.45, 7) is 8.98. The molecular formula is C15H25N3. The summed E-state index contributed by atoms with van der Waals surface area (Å²) < 4.78 is 0. The molecule has 3 nitrogen and oxygen atoms in total. The number of piperidine rings is 1. The first-order valence-corrected chi connectivity index (χ1v) is 7.12. The lowest BCUT2D eigenvalue weighted by atomic mass is 10.1. The van der Waals surface area contributed by atoms with Crippen molar-refractivity contribution in [1.82, 2.24) is 15.2 Å². The number of rotatable bonds is 5. The van der Waals surface area contributed by atoms with Gasteiger partial charge in [0.1, 0.15) is 0 Å². The van der Waals surface area contributed by atoms with E-state index in [0.717, 1.165) is 13.1 Å². The van der Waals surface area contributed by atoms with Crippen LogP contribution in [0.25, 0.3) is 0 Å². The zero-order chi connectivity index (χ0) is 12.8. The Bertz CT molecular complexity index is 359. The highest BCUT2D eigenvalue weighted by atomic mass is 15.1. The molecule has 0 aliphatic carbocycles. The van der Waals surface area contributed by atoms with E-state index in [1.54, 1.807) is 0 Å². The third-order valence-electron chi connectivity index (χ3n) is 3.72. The van der Waals surface area contributed by atoms with Gasteiger partial charge < -0.3 is 10.2 Å². The van der Waals surface area contributed by atoms with Crippen molar-refractivity contribution in [2.75, 3.05) is 19.6 Å². The lowest BCUT2D eigenvalue weighted by molar-refractivity contribution is 0.208. The zero-order valence-electron chi connectivity index (χ0n) is 11.7. The van der Waals surface area contributed by atoms with Gasteiger partial charge in [-0.1, -0.05) is 12.5 Å². The molecule has 1 aliphatic rings. The molecule has 0 radical (unpaired) electrons. The Hall–Kier alpha value is -0.930. The Morgan fingerprint density at radius 3 is 2.83 bits per heavy atom. The average Bonchev–Trinajstić information content (AvgIpc) is 2.39. The van der Waals surface area contributed by atoms with Gasteiger partial charge in [-0.25, -0.2) is 0 Å². The molecule has 1 aromatic heterocycles. The van der Waals surface area contributed by atoms with Crippen molar-refractivity contribution in [3.05, 3.63) is 29.6 Å². The quantitative estimate of drug-likeness (QED) is 0.865. The first-order chi connectivity index (χ1) is 8.75. The van der Waals surface area contributed by atoms with Crippen LogP contribution in [0.1, 0.15) is 37.4 Å². The predicted molar refractivity (Wildman–Crippen MR) is 75.6 cm³/mol. The molecular weight excluding hydrogens is 222 g/mol. The molecule has 1 fully saturated rings. The van der Waals surface area contributed by atoms with Crippen LogP contribution in [0.2, 0.25) is 0 Å². The average molecular weight is 247 g/mol. The van der Waals surface area contributed by atoms with Crippen LogP contribution in [0.15, 0.2) is 18.3 Å². The first-order valence-electron chi connectivity index (χ1n) is 7.12. The van der Waals surface area contributed by atoms with Gasteiger partial charge in [0.2, 0.25) is 0 Å². The van der Waals surface area contributed by atoms with E-state index in [4.69, 9.17) is 0 Å². The lowest BCUT2D eigenvalue weighted by Crippen LogP contribution is -2.41. The monoisotopic (exact) mass is 247 g/mol. The maximum Gasteiger partial charge on any atom is 0.0570 e. The van der Waals surface area contributed by atoms with E-state index in [1.807, 2.05) is 12.3 Å². The summed E-state index contributed by atoms with van der Waals surface area (Å²) in [5.74, 6) is 0. The Labute approximate surface area is 111 Å². The lowest BCUT2D eigenvalue weighted by Gasteiger charge is -2.29. The third-order valence-corrected chi connectivity index (χ3v) is 3.72. The fourth-order valence-corrected chi connectivity index (χ4v) is 2.57. The molecule has 0 bridgehead atoms. The Kier molecular flexibility index (Phi) is 5.14. The van der Waals surface area contributed by atoms with E-state index in [-0.39, 0.29) is 0 Å². The fourth-order valence-electron chi connectivity index (χ4n) is 2.57. The molecule has 3 heteroatoms. The number of aryl methyl sites for hydroxylation is 1. The summed E-state index contributed by atoms with van der Waals surface area (Å²) in [7, 11) is 0. The van der Waals surface area contributed by atoms with Crippen molar-refractivity contribution in [2.45, 2.75) is 45.7 Å². The topological polar surface area (TPSA) is 28.2 Å². The fraction of sp³-hybridized carbons (Fsp3) is 0.667. The molecule has 1 N–H and O–H groups in total. The van der Waals surface area contributed by atoms with Gasteiger partial charge in [0.25, 0.3) is 0 Å². The Morgan fingerprint density at radius 1 is 1.33 bits per heavy atom. The number of likely N-dealkylation sites (tertiary alicyclic amines) is 1. The van der Waals surface area contributed by atoms with Crippen LogP contribution in [0.5, 0.6) is 0 Å². The van der Waals surface area contributed by atoms with Gasteiger partial charge in [-0.3, -0.25) is 4.98 Å². The van der Waals surface area contributed by atoms with Crippen molar-refractivity contribution in [1.29, 1.82) is 0 Å². The summed E-state index contributed by atoms with van der Waals surface area (Å²) in [4.78, 5) is 7.00. The summed E-state index contributed by atoms with van der Waals surface area (Å²) in [5, 5.41) is 3.58. The standard InChI is InChI=1S/C15H25N3/c1-13-7-6-8-16-15(13)11-17-14(2)12-18-9-4-3-5-10-18/h6-8,14,17H,3-5,9-12H2,1-2H3. The van der Waals surface area contributed by atoms with E-state index in [2.05, 4.69) is 35.1 Å². The van der Waals surface area contributed by atoms with Gasteiger partial charge in [-0.05, 0) is 51.4 Å². The van der Waals surface area contributed by atoms with Gasteiger partial charge in [0, 0.05) is 25.3 Å². The molecule has 1 atom stereocenters. The van der Waals surface area contributed by atoms with Crippen LogP contribution in [0.3, 0.4) is 0 Å². The van der Waals surface area contributed by atoms with Crippen LogP contribution in [0.4, 0.5) is 0 Å². The van der Waals surface area contributed by atoms with Gasteiger partial charge in [-0.2, -0.15) is 0 Å². The van der Waals surface area contributed by atoms with Crippen molar-refractivity contribution in [2.24, 2.45) is 0 Å². The molecule has 18 heavy (non-hydrogen) atoms. The van der Waals surface area contributed by atoms with Crippen LogP contribution < -0.4 is 5.32 Å². The van der Waals surface area contributed by atoms with E-state index >= 15 is 0 Å². The van der Waals surface area contributed by atoms with Crippen LogP contribution in [-0.2, 0) is 6.54 Å². The van der Waals surface area contributed by atoms with E-state index in [1.165, 1.54) is 43.6 Å². The highest BCUT2D eigenvalue weighted by Crippen LogP contribution is 2.09. The molecule has 0 amide bonds. The molecule has 1 unspecified atom stereocenters. The molecule has 1 saturated heterocycles. The summed E-state index contributed by atoms with van der Waals surface area (Å²) in [5.41, 5.74) is 2.44. The van der Waals surface area contributed by atoms with E-state index in [0.29, 0.717) is 6.04 Å². The van der Waals surface area contributed by atoms with Crippen molar-refractivity contribution >= 4 is 0 Å². The number of aromatic nitrogens is 1. The van der Waals surface area contributed by atoms with Gasteiger partial charge in [0.05, 0.1) is 5.69 Å². The molecule has 2 heterocycles. The van der Waals surface area contributed by atoms with Gasteiger partial charge >= 0.3 is 0 Å².